The number of benzene rings is 2. The summed E-state index contributed by atoms with van der Waals surface area (Å²) < 4.78 is 5.11. The summed E-state index contributed by atoms with van der Waals surface area (Å²) in [4.78, 5) is 25.0. The van der Waals surface area contributed by atoms with Crippen molar-refractivity contribution in [3.05, 3.63) is 132 Å². The molecule has 0 amide bonds. The van der Waals surface area contributed by atoms with Crippen molar-refractivity contribution in [3.63, 3.8) is 0 Å². The van der Waals surface area contributed by atoms with Crippen molar-refractivity contribution < 1.29 is 14.3 Å². The summed E-state index contributed by atoms with van der Waals surface area (Å²) in [7, 11) is 0. The number of aryl methyl sites for hydroxylation is 2. The van der Waals surface area contributed by atoms with Crippen LogP contribution < -0.4 is 0 Å². The number of carbonyl (C=O) groups excluding carboxylic acids is 2. The van der Waals surface area contributed by atoms with Gasteiger partial charge in [-0.05, 0) is 53.7 Å². The fraction of sp³-hybridized carbons (Fsp3) is 0.250. The van der Waals surface area contributed by atoms with Crippen LogP contribution in [0.15, 0.2) is 104 Å². The average Bonchev–Trinajstić information content (AvgIpc) is 2.92. The van der Waals surface area contributed by atoms with Crippen LogP contribution in [0.5, 0.6) is 0 Å². The van der Waals surface area contributed by atoms with E-state index in [0.717, 1.165) is 40.7 Å². The molecule has 0 saturated carbocycles. The Morgan fingerprint density at radius 1 is 0.971 bits per heavy atom. The van der Waals surface area contributed by atoms with Crippen molar-refractivity contribution in [2.45, 2.75) is 47.0 Å². The topological polar surface area (TPSA) is 43.4 Å². The molecule has 2 aromatic carbocycles. The molecule has 0 aliphatic heterocycles. The molecule has 0 saturated heterocycles. The Morgan fingerprint density at radius 3 is 2.29 bits per heavy atom. The zero-order chi connectivity index (χ0) is 26.2. The first-order valence-corrected chi connectivity index (χ1v) is 12.3. The van der Waals surface area contributed by atoms with Gasteiger partial charge < -0.3 is 4.74 Å². The van der Waals surface area contributed by atoms with Crippen molar-refractivity contribution in [1.29, 1.82) is 0 Å². The Labute approximate surface area is 211 Å². The van der Waals surface area contributed by atoms with Gasteiger partial charge in [-0.2, -0.15) is 0 Å². The van der Waals surface area contributed by atoms with Crippen molar-refractivity contribution in [1.82, 2.24) is 0 Å². The van der Waals surface area contributed by atoms with Crippen molar-refractivity contribution in [2.75, 3.05) is 6.61 Å². The smallest absolute Gasteiger partial charge is 0.338 e. The minimum Gasteiger partial charge on any atom is -0.458 e. The van der Waals surface area contributed by atoms with E-state index in [-0.39, 0.29) is 18.4 Å². The lowest BCUT2D eigenvalue weighted by molar-refractivity contribution is 0.0549. The monoisotopic (exact) mass is 470 g/mol. The molecule has 0 aromatic heterocycles. The highest BCUT2D eigenvalue weighted by atomic mass is 16.5. The molecule has 1 aliphatic rings. The van der Waals surface area contributed by atoms with Gasteiger partial charge >= 0.3 is 5.97 Å². The van der Waals surface area contributed by atoms with Gasteiger partial charge in [0.05, 0.1) is 5.56 Å². The van der Waals surface area contributed by atoms with Crippen LogP contribution in [-0.4, -0.2) is 18.4 Å². The molecule has 3 nitrogen and oxygen atoms in total. The number of Topliss-reactive ketones (excluding diaryl/α,β-unsaturated/α-hetero) is 1. The normalized spacial score (nSPS) is 11.9. The second-order valence-corrected chi connectivity index (χ2v) is 7.29. The number of rotatable bonds is 9. The summed E-state index contributed by atoms with van der Waals surface area (Å²) >= 11 is 0. The van der Waals surface area contributed by atoms with Gasteiger partial charge in [-0.25, -0.2) is 4.79 Å². The zero-order valence-electron chi connectivity index (χ0n) is 21.6. The van der Waals surface area contributed by atoms with Gasteiger partial charge in [-0.3, -0.25) is 4.79 Å². The summed E-state index contributed by atoms with van der Waals surface area (Å²) in [6.45, 7) is 19.3. The molecule has 0 atom stereocenters. The molecule has 184 valence electrons. The van der Waals surface area contributed by atoms with Crippen molar-refractivity contribution in [3.8, 4) is 0 Å². The number of ether oxygens (including phenoxy) is 1. The quantitative estimate of drug-likeness (QED) is 0.213. The number of hydrogen-bond acceptors (Lipinski definition) is 3. The highest BCUT2D eigenvalue weighted by molar-refractivity contribution is 6.14. The first-order chi connectivity index (χ1) is 17.1. The fourth-order valence-electron chi connectivity index (χ4n) is 3.65. The standard InChI is InChI=1S/C28H26O3.2C2H6/c1-4-8-22(6-3)25-16-14-23-18-21(13-15-26(23)27(25)29)12-11-20-9-7-10-24(19-20)28(30)31-17-5-2;2*1-2/h4-10,13,15-16,18-19H,1-3,11-12,14,17H2;2*1-2H3/b22-8+;;. The summed E-state index contributed by atoms with van der Waals surface area (Å²) in [5, 5.41) is 0. The van der Waals surface area contributed by atoms with Gasteiger partial charge in [0, 0.05) is 11.1 Å². The number of esters is 1. The van der Waals surface area contributed by atoms with E-state index in [1.807, 2.05) is 64.1 Å². The molecule has 0 bridgehead atoms. The number of allylic oxidation sites excluding steroid dienone is 6. The number of fused-ring (bicyclic) bond motifs is 1. The van der Waals surface area contributed by atoms with E-state index in [1.54, 1.807) is 30.4 Å². The lowest BCUT2D eigenvalue weighted by Gasteiger charge is -2.18. The lowest BCUT2D eigenvalue weighted by Crippen LogP contribution is -2.14. The van der Waals surface area contributed by atoms with Gasteiger partial charge in [-0.15, -0.1) is 0 Å². The van der Waals surface area contributed by atoms with Crippen LogP contribution in [0.2, 0.25) is 0 Å². The molecule has 0 N–H and O–H groups in total. The van der Waals surface area contributed by atoms with Gasteiger partial charge in [-0.1, -0.05) is 108 Å². The van der Waals surface area contributed by atoms with Crippen LogP contribution in [0.3, 0.4) is 0 Å². The Balaban J connectivity index is 0.00000145. The van der Waals surface area contributed by atoms with Crippen LogP contribution in [0, 0.1) is 0 Å². The third-order valence-corrected chi connectivity index (χ3v) is 5.21. The first kappa shape index (κ1) is 29.3. The third kappa shape index (κ3) is 8.22. The summed E-state index contributed by atoms with van der Waals surface area (Å²) in [5.41, 5.74) is 6.01. The molecular weight excluding hydrogens is 432 g/mol. The maximum absolute atomic E-state index is 12.9. The van der Waals surface area contributed by atoms with Gasteiger partial charge in [0.1, 0.15) is 6.61 Å². The largest absolute Gasteiger partial charge is 0.458 e. The molecule has 0 fully saturated rings. The Bertz CT molecular complexity index is 1100. The van der Waals surface area contributed by atoms with Crippen LogP contribution in [-0.2, 0) is 24.0 Å². The molecule has 0 unspecified atom stereocenters. The number of carbonyl (C=O) groups is 2. The molecule has 3 heteroatoms. The van der Waals surface area contributed by atoms with Gasteiger partial charge in [0.25, 0.3) is 0 Å². The molecule has 0 radical (unpaired) electrons. The van der Waals surface area contributed by atoms with Crippen molar-refractivity contribution >= 4 is 11.8 Å². The highest BCUT2D eigenvalue weighted by Gasteiger charge is 2.22. The predicted octanol–water partition coefficient (Wildman–Crippen LogP) is 7.83. The number of ketones is 1. The lowest BCUT2D eigenvalue weighted by atomic mass is 9.85. The molecule has 35 heavy (non-hydrogen) atoms. The zero-order valence-corrected chi connectivity index (χ0v) is 21.6. The Hall–Kier alpha value is -3.72. The molecule has 1 aliphatic carbocycles. The molecule has 0 spiro atoms. The van der Waals surface area contributed by atoms with Gasteiger partial charge in [0.15, 0.2) is 5.78 Å². The van der Waals surface area contributed by atoms with E-state index >= 15 is 0 Å². The first-order valence-electron chi connectivity index (χ1n) is 12.3. The molecule has 3 rings (SSSR count). The maximum Gasteiger partial charge on any atom is 0.338 e. The summed E-state index contributed by atoms with van der Waals surface area (Å²) in [6.07, 6.45) is 11.0. The summed E-state index contributed by atoms with van der Waals surface area (Å²) in [6, 6.07) is 13.5. The van der Waals surface area contributed by atoms with Gasteiger partial charge in [0.2, 0.25) is 0 Å². The Morgan fingerprint density at radius 2 is 1.66 bits per heavy atom. The van der Waals surface area contributed by atoms with Crippen LogP contribution in [0.4, 0.5) is 0 Å². The maximum atomic E-state index is 12.9. The molecular formula is C32H38O3. The minimum absolute atomic E-state index is 0.0199. The third-order valence-electron chi connectivity index (χ3n) is 5.21. The fourth-order valence-corrected chi connectivity index (χ4v) is 3.65. The Kier molecular flexibility index (Phi) is 13.4. The minimum atomic E-state index is -0.346. The summed E-state index contributed by atoms with van der Waals surface area (Å²) in [5.74, 6) is -0.326. The molecule has 0 heterocycles. The predicted molar refractivity (Wildman–Crippen MR) is 148 cm³/mol. The van der Waals surface area contributed by atoms with E-state index in [2.05, 4.69) is 25.8 Å². The van der Waals surface area contributed by atoms with E-state index < -0.39 is 0 Å². The van der Waals surface area contributed by atoms with E-state index in [1.165, 1.54) is 0 Å². The second kappa shape index (κ2) is 16.0. The number of hydrogen-bond donors (Lipinski definition) is 0. The van der Waals surface area contributed by atoms with Crippen LogP contribution >= 0.6 is 0 Å². The van der Waals surface area contributed by atoms with E-state index in [9.17, 15) is 9.59 Å². The van der Waals surface area contributed by atoms with Crippen molar-refractivity contribution in [2.24, 2.45) is 0 Å². The highest BCUT2D eigenvalue weighted by Crippen LogP contribution is 2.27. The van der Waals surface area contributed by atoms with E-state index in [0.29, 0.717) is 17.6 Å². The van der Waals surface area contributed by atoms with Crippen LogP contribution in [0.1, 0.15) is 65.1 Å². The molecule has 2 aromatic rings. The second-order valence-electron chi connectivity index (χ2n) is 7.29. The average molecular weight is 471 g/mol. The van der Waals surface area contributed by atoms with E-state index in [4.69, 9.17) is 4.74 Å². The van der Waals surface area contributed by atoms with Crippen LogP contribution in [0.25, 0.3) is 0 Å². The SMILES string of the molecule is C=C/C=C(\C=C)C1=CCc2cc(CCc3cccc(C(=O)OCC=C)c3)ccc2C1=O.CC.CC.